The predicted octanol–water partition coefficient (Wildman–Crippen LogP) is 2.24. The third-order valence-electron chi connectivity index (χ3n) is 3.04. The van der Waals surface area contributed by atoms with Crippen LogP contribution in [0.1, 0.15) is 19.0 Å². The molecule has 19 heavy (non-hydrogen) atoms. The highest BCUT2D eigenvalue weighted by Crippen LogP contribution is 2.08. The quantitative estimate of drug-likeness (QED) is 0.829. The Hall–Kier alpha value is -1.81. The Balaban J connectivity index is 1.77. The van der Waals surface area contributed by atoms with E-state index in [-0.39, 0.29) is 6.04 Å². The lowest BCUT2D eigenvalue weighted by Crippen LogP contribution is -2.21. The fourth-order valence-electron chi connectivity index (χ4n) is 1.83. The second-order valence-electron chi connectivity index (χ2n) is 4.64. The molecule has 0 aliphatic heterocycles. The van der Waals surface area contributed by atoms with Crippen molar-refractivity contribution in [2.24, 2.45) is 5.73 Å². The molecule has 0 saturated heterocycles. The molecule has 1 aromatic carbocycles. The molecule has 4 heteroatoms. The maximum atomic E-state index is 5.92. The molecule has 1 unspecified atom stereocenters. The first-order valence-electron chi connectivity index (χ1n) is 6.72. The van der Waals surface area contributed by atoms with Gasteiger partial charge in [0.1, 0.15) is 12.4 Å². The SMILES string of the molecule is CCC(N)Cc1cn(CCOc2ccccc2)cn1. The molecular formula is C15H21N3O. The van der Waals surface area contributed by atoms with E-state index in [0.717, 1.165) is 30.8 Å². The van der Waals surface area contributed by atoms with Gasteiger partial charge >= 0.3 is 0 Å². The van der Waals surface area contributed by atoms with Crippen molar-refractivity contribution in [1.29, 1.82) is 0 Å². The number of para-hydroxylation sites is 1. The van der Waals surface area contributed by atoms with Gasteiger partial charge in [-0.15, -0.1) is 0 Å². The van der Waals surface area contributed by atoms with Crippen LogP contribution >= 0.6 is 0 Å². The summed E-state index contributed by atoms with van der Waals surface area (Å²) < 4.78 is 7.69. The van der Waals surface area contributed by atoms with Gasteiger partial charge in [0.15, 0.2) is 0 Å². The topological polar surface area (TPSA) is 53.1 Å². The summed E-state index contributed by atoms with van der Waals surface area (Å²) in [4.78, 5) is 4.36. The van der Waals surface area contributed by atoms with Crippen LogP contribution in [-0.2, 0) is 13.0 Å². The van der Waals surface area contributed by atoms with Crippen molar-refractivity contribution in [1.82, 2.24) is 9.55 Å². The number of aromatic nitrogens is 2. The van der Waals surface area contributed by atoms with Crippen LogP contribution < -0.4 is 10.5 Å². The highest BCUT2D eigenvalue weighted by Gasteiger charge is 2.04. The molecule has 0 spiro atoms. The number of hydrogen-bond donors (Lipinski definition) is 1. The summed E-state index contributed by atoms with van der Waals surface area (Å²) >= 11 is 0. The molecule has 0 bridgehead atoms. The number of benzene rings is 1. The van der Waals surface area contributed by atoms with Gasteiger partial charge in [-0.2, -0.15) is 0 Å². The third kappa shape index (κ3) is 4.41. The number of rotatable bonds is 7. The molecule has 4 nitrogen and oxygen atoms in total. The highest BCUT2D eigenvalue weighted by molar-refractivity contribution is 5.20. The number of ether oxygens (including phenoxy) is 1. The van der Waals surface area contributed by atoms with Crippen LogP contribution in [0.4, 0.5) is 0 Å². The molecule has 0 aliphatic carbocycles. The Morgan fingerprint density at radius 2 is 2.11 bits per heavy atom. The Morgan fingerprint density at radius 1 is 1.32 bits per heavy atom. The molecule has 2 N–H and O–H groups in total. The summed E-state index contributed by atoms with van der Waals surface area (Å²) in [6.45, 7) is 3.53. The van der Waals surface area contributed by atoms with Gasteiger partial charge < -0.3 is 15.0 Å². The van der Waals surface area contributed by atoms with E-state index in [0.29, 0.717) is 6.61 Å². The third-order valence-corrected chi connectivity index (χ3v) is 3.04. The van der Waals surface area contributed by atoms with Gasteiger partial charge in [0.2, 0.25) is 0 Å². The van der Waals surface area contributed by atoms with Crippen molar-refractivity contribution in [3.8, 4) is 5.75 Å². The van der Waals surface area contributed by atoms with E-state index >= 15 is 0 Å². The fourth-order valence-corrected chi connectivity index (χ4v) is 1.83. The normalized spacial score (nSPS) is 12.3. The Labute approximate surface area is 114 Å². The van der Waals surface area contributed by atoms with Gasteiger partial charge in [0, 0.05) is 18.7 Å². The highest BCUT2D eigenvalue weighted by atomic mass is 16.5. The summed E-state index contributed by atoms with van der Waals surface area (Å²) in [7, 11) is 0. The van der Waals surface area contributed by atoms with Crippen molar-refractivity contribution in [3.05, 3.63) is 48.5 Å². The molecule has 102 valence electrons. The maximum absolute atomic E-state index is 5.92. The van der Waals surface area contributed by atoms with Crippen molar-refractivity contribution < 1.29 is 4.74 Å². The molecule has 2 aromatic rings. The molecule has 1 atom stereocenters. The van der Waals surface area contributed by atoms with Crippen LogP contribution in [0.3, 0.4) is 0 Å². The van der Waals surface area contributed by atoms with Gasteiger partial charge in [-0.05, 0) is 18.6 Å². The van der Waals surface area contributed by atoms with Crippen LogP contribution in [0.15, 0.2) is 42.9 Å². The Morgan fingerprint density at radius 3 is 2.84 bits per heavy atom. The van der Waals surface area contributed by atoms with Crippen LogP contribution in [0, 0.1) is 0 Å². The zero-order valence-corrected chi connectivity index (χ0v) is 11.3. The standard InChI is InChI=1S/C15H21N3O/c1-2-13(16)10-14-11-18(12-17-14)8-9-19-15-6-4-3-5-7-15/h3-7,11-13H,2,8-10,16H2,1H3. The van der Waals surface area contributed by atoms with Gasteiger partial charge in [0.05, 0.1) is 18.6 Å². The summed E-state index contributed by atoms with van der Waals surface area (Å²) in [6, 6.07) is 10.0. The molecule has 0 amide bonds. The van der Waals surface area contributed by atoms with Gasteiger partial charge in [-0.1, -0.05) is 25.1 Å². The molecule has 0 radical (unpaired) electrons. The molecule has 1 aromatic heterocycles. The van der Waals surface area contributed by atoms with Crippen LogP contribution in [-0.4, -0.2) is 22.2 Å². The minimum absolute atomic E-state index is 0.198. The number of hydrogen-bond acceptors (Lipinski definition) is 3. The van der Waals surface area contributed by atoms with E-state index in [1.54, 1.807) is 0 Å². The fraction of sp³-hybridized carbons (Fsp3) is 0.400. The summed E-state index contributed by atoms with van der Waals surface area (Å²) in [6.07, 6.45) is 5.70. The predicted molar refractivity (Wildman–Crippen MR) is 76.1 cm³/mol. The van der Waals surface area contributed by atoms with Crippen LogP contribution in [0.25, 0.3) is 0 Å². The average Bonchev–Trinajstić information content (AvgIpc) is 2.87. The first kappa shape index (κ1) is 13.6. The summed E-state index contributed by atoms with van der Waals surface area (Å²) in [5.41, 5.74) is 6.97. The molecule has 0 aliphatic rings. The lowest BCUT2D eigenvalue weighted by molar-refractivity contribution is 0.298. The Bertz CT molecular complexity index is 481. The van der Waals surface area contributed by atoms with E-state index in [1.807, 2.05) is 47.4 Å². The van der Waals surface area contributed by atoms with E-state index in [9.17, 15) is 0 Å². The van der Waals surface area contributed by atoms with E-state index in [4.69, 9.17) is 10.5 Å². The monoisotopic (exact) mass is 259 g/mol. The molecular weight excluding hydrogens is 238 g/mol. The van der Waals surface area contributed by atoms with Crippen molar-refractivity contribution in [3.63, 3.8) is 0 Å². The van der Waals surface area contributed by atoms with E-state index in [2.05, 4.69) is 11.9 Å². The van der Waals surface area contributed by atoms with Crippen molar-refractivity contribution in [2.45, 2.75) is 32.4 Å². The van der Waals surface area contributed by atoms with Crippen LogP contribution in [0.2, 0.25) is 0 Å². The second-order valence-corrected chi connectivity index (χ2v) is 4.64. The zero-order valence-electron chi connectivity index (χ0n) is 11.3. The molecule has 1 heterocycles. The van der Waals surface area contributed by atoms with Gasteiger partial charge in [0.25, 0.3) is 0 Å². The molecule has 2 rings (SSSR count). The van der Waals surface area contributed by atoms with Crippen LogP contribution in [0.5, 0.6) is 5.75 Å². The average molecular weight is 259 g/mol. The Kier molecular flexibility index (Phi) is 4.98. The number of imidazole rings is 1. The smallest absolute Gasteiger partial charge is 0.119 e. The number of nitrogens with zero attached hydrogens (tertiary/aromatic N) is 2. The van der Waals surface area contributed by atoms with Gasteiger partial charge in [-0.25, -0.2) is 4.98 Å². The summed E-state index contributed by atoms with van der Waals surface area (Å²) in [5, 5.41) is 0. The first-order chi connectivity index (χ1) is 9.28. The lowest BCUT2D eigenvalue weighted by Gasteiger charge is -2.06. The minimum atomic E-state index is 0.198. The van der Waals surface area contributed by atoms with Crippen molar-refractivity contribution >= 4 is 0 Å². The minimum Gasteiger partial charge on any atom is -0.492 e. The van der Waals surface area contributed by atoms with Gasteiger partial charge in [-0.3, -0.25) is 0 Å². The first-order valence-corrected chi connectivity index (χ1v) is 6.72. The molecule has 0 saturated carbocycles. The zero-order chi connectivity index (χ0) is 13.5. The second kappa shape index (κ2) is 6.95. The van der Waals surface area contributed by atoms with E-state index in [1.165, 1.54) is 0 Å². The number of nitrogens with two attached hydrogens (primary N) is 1. The lowest BCUT2D eigenvalue weighted by atomic mass is 10.1. The largest absolute Gasteiger partial charge is 0.492 e. The molecule has 0 fully saturated rings. The maximum Gasteiger partial charge on any atom is 0.119 e. The van der Waals surface area contributed by atoms with Crippen molar-refractivity contribution in [2.75, 3.05) is 6.61 Å². The summed E-state index contributed by atoms with van der Waals surface area (Å²) in [5.74, 6) is 0.899. The van der Waals surface area contributed by atoms with E-state index < -0.39 is 0 Å².